The third-order valence-electron chi connectivity index (χ3n) is 5.57. The van der Waals surface area contributed by atoms with Crippen molar-refractivity contribution in [3.05, 3.63) is 36.5 Å². The molecule has 3 aromatic rings. The highest BCUT2D eigenvalue weighted by Crippen LogP contribution is 2.40. The van der Waals surface area contributed by atoms with Crippen LogP contribution in [0.15, 0.2) is 36.5 Å². The van der Waals surface area contributed by atoms with Gasteiger partial charge in [0.05, 0.1) is 51.7 Å². The van der Waals surface area contributed by atoms with E-state index in [-0.39, 0.29) is 5.91 Å². The molecule has 11 nitrogen and oxygen atoms in total. The number of rotatable bonds is 12. The molecule has 1 atom stereocenters. The SMILES string of the molecule is COc1ccc(-c2cnnn2-c2cc(OC)c(OC)c(OC)c2)cc1NC(=O)C([NH3+])CCCCN. The number of nitrogens with one attached hydrogen (secondary N) is 1. The molecule has 188 valence electrons. The Kier molecular flexibility index (Phi) is 8.87. The molecule has 0 aliphatic carbocycles. The van der Waals surface area contributed by atoms with Crippen molar-refractivity contribution in [3.8, 4) is 39.9 Å². The zero-order valence-corrected chi connectivity index (χ0v) is 20.5. The lowest BCUT2D eigenvalue weighted by Crippen LogP contribution is -2.66. The summed E-state index contributed by atoms with van der Waals surface area (Å²) in [6, 6.07) is 8.62. The van der Waals surface area contributed by atoms with E-state index in [0.29, 0.717) is 53.0 Å². The number of nitrogens with two attached hydrogens (primary N) is 1. The Labute approximate surface area is 204 Å². The van der Waals surface area contributed by atoms with Crippen molar-refractivity contribution in [2.24, 2.45) is 5.73 Å². The number of carbonyl (C=O) groups excluding carboxylic acids is 1. The van der Waals surface area contributed by atoms with E-state index in [1.165, 1.54) is 0 Å². The molecule has 0 saturated carbocycles. The quantitative estimate of drug-likeness (QED) is 0.328. The van der Waals surface area contributed by atoms with Crippen molar-refractivity contribution < 1.29 is 29.5 Å². The van der Waals surface area contributed by atoms with Crippen LogP contribution in [0, 0.1) is 0 Å². The number of carbonyl (C=O) groups is 1. The highest BCUT2D eigenvalue weighted by atomic mass is 16.5. The Balaban J connectivity index is 1.96. The molecule has 11 heteroatoms. The lowest BCUT2D eigenvalue weighted by atomic mass is 10.1. The van der Waals surface area contributed by atoms with Crippen LogP contribution in [0.5, 0.6) is 23.0 Å². The first kappa shape index (κ1) is 25.8. The van der Waals surface area contributed by atoms with Crippen LogP contribution in [-0.2, 0) is 4.79 Å². The zero-order valence-electron chi connectivity index (χ0n) is 20.5. The average Bonchev–Trinajstić information content (AvgIpc) is 3.37. The molecule has 0 bridgehead atoms. The highest BCUT2D eigenvalue weighted by Gasteiger charge is 2.21. The lowest BCUT2D eigenvalue weighted by Gasteiger charge is -2.16. The van der Waals surface area contributed by atoms with Crippen LogP contribution in [0.1, 0.15) is 19.3 Å². The summed E-state index contributed by atoms with van der Waals surface area (Å²) in [7, 11) is 6.19. The fourth-order valence-corrected chi connectivity index (χ4v) is 3.68. The van der Waals surface area contributed by atoms with Gasteiger partial charge in [0.15, 0.2) is 17.5 Å². The first-order valence-corrected chi connectivity index (χ1v) is 11.2. The van der Waals surface area contributed by atoms with Crippen LogP contribution in [0.2, 0.25) is 0 Å². The number of methoxy groups -OCH3 is 4. The van der Waals surface area contributed by atoms with Gasteiger partial charge in [-0.1, -0.05) is 5.21 Å². The normalized spacial score (nSPS) is 11.6. The van der Waals surface area contributed by atoms with Gasteiger partial charge in [-0.3, -0.25) is 4.79 Å². The first-order chi connectivity index (χ1) is 17.0. The molecule has 1 amide bonds. The summed E-state index contributed by atoms with van der Waals surface area (Å²) in [6.45, 7) is 0.595. The number of unbranched alkanes of at least 4 members (excludes halogenated alkanes) is 1. The summed E-state index contributed by atoms with van der Waals surface area (Å²) >= 11 is 0. The minimum Gasteiger partial charge on any atom is -0.495 e. The number of nitrogens with zero attached hydrogens (tertiary/aromatic N) is 3. The largest absolute Gasteiger partial charge is 0.495 e. The van der Waals surface area contributed by atoms with Crippen LogP contribution in [0.25, 0.3) is 16.9 Å². The Morgan fingerprint density at radius 3 is 2.31 bits per heavy atom. The summed E-state index contributed by atoms with van der Waals surface area (Å²) < 4.78 is 23.5. The standard InChI is InChI=1S/C24H32N6O5/c1-32-20-9-8-15(11-18(20)28-24(31)17(26)7-5-6-10-25)19-14-27-29-30(19)16-12-21(33-2)23(35-4)22(13-16)34-3/h8-9,11-14,17H,5-7,10,25-26H2,1-4H3,(H,28,31)/p+1. The van der Waals surface area contributed by atoms with Gasteiger partial charge in [-0.2, -0.15) is 0 Å². The summed E-state index contributed by atoms with van der Waals surface area (Å²) in [4.78, 5) is 12.7. The number of anilines is 1. The number of aromatic nitrogens is 3. The molecule has 0 aliphatic heterocycles. The maximum atomic E-state index is 12.7. The summed E-state index contributed by atoms with van der Waals surface area (Å²) in [5.41, 5.74) is 12.2. The van der Waals surface area contributed by atoms with E-state index in [2.05, 4.69) is 21.4 Å². The van der Waals surface area contributed by atoms with E-state index < -0.39 is 6.04 Å². The Hall–Kier alpha value is -3.83. The molecule has 0 spiro atoms. The molecule has 0 aliphatic rings. The topological polar surface area (TPSA) is 150 Å². The fraction of sp³-hybridized carbons (Fsp3) is 0.375. The first-order valence-electron chi connectivity index (χ1n) is 11.2. The van der Waals surface area contributed by atoms with E-state index in [1.807, 2.05) is 12.1 Å². The van der Waals surface area contributed by atoms with Crippen LogP contribution < -0.4 is 35.7 Å². The Morgan fingerprint density at radius 1 is 1.03 bits per heavy atom. The monoisotopic (exact) mass is 485 g/mol. The maximum absolute atomic E-state index is 12.7. The number of hydrogen-bond acceptors (Lipinski definition) is 8. The van der Waals surface area contributed by atoms with Crippen molar-refractivity contribution >= 4 is 11.6 Å². The number of quaternary nitrogens is 1. The molecule has 0 saturated heterocycles. The van der Waals surface area contributed by atoms with Crippen molar-refractivity contribution in [1.29, 1.82) is 0 Å². The van der Waals surface area contributed by atoms with Gasteiger partial charge in [-0.25, -0.2) is 4.68 Å². The van der Waals surface area contributed by atoms with E-state index in [4.69, 9.17) is 24.7 Å². The van der Waals surface area contributed by atoms with Gasteiger partial charge in [0.25, 0.3) is 5.91 Å². The Bertz CT molecular complexity index is 1120. The third-order valence-corrected chi connectivity index (χ3v) is 5.57. The molecular weight excluding hydrogens is 452 g/mol. The van der Waals surface area contributed by atoms with Gasteiger partial charge < -0.3 is 35.7 Å². The molecule has 1 unspecified atom stereocenters. The second kappa shape index (κ2) is 12.0. The van der Waals surface area contributed by atoms with Gasteiger partial charge in [0.2, 0.25) is 5.75 Å². The summed E-state index contributed by atoms with van der Waals surface area (Å²) in [5, 5.41) is 11.3. The second-order valence-electron chi connectivity index (χ2n) is 7.80. The predicted molar refractivity (Wildman–Crippen MR) is 131 cm³/mol. The van der Waals surface area contributed by atoms with Crippen LogP contribution in [0.3, 0.4) is 0 Å². The highest BCUT2D eigenvalue weighted by molar-refractivity contribution is 5.95. The zero-order chi connectivity index (χ0) is 25.4. The molecule has 6 N–H and O–H groups in total. The third kappa shape index (κ3) is 5.81. The smallest absolute Gasteiger partial charge is 0.282 e. The van der Waals surface area contributed by atoms with Gasteiger partial charge in [0.1, 0.15) is 5.75 Å². The van der Waals surface area contributed by atoms with Gasteiger partial charge >= 0.3 is 0 Å². The van der Waals surface area contributed by atoms with E-state index in [9.17, 15) is 4.79 Å². The summed E-state index contributed by atoms with van der Waals surface area (Å²) in [5.74, 6) is 1.80. The minimum atomic E-state index is -0.402. The van der Waals surface area contributed by atoms with E-state index in [0.717, 1.165) is 18.4 Å². The van der Waals surface area contributed by atoms with E-state index in [1.54, 1.807) is 57.5 Å². The van der Waals surface area contributed by atoms with Crippen LogP contribution in [-0.4, -0.2) is 61.9 Å². The van der Waals surface area contributed by atoms with E-state index >= 15 is 0 Å². The second-order valence-corrected chi connectivity index (χ2v) is 7.80. The molecule has 2 aromatic carbocycles. The number of hydrogen-bond donors (Lipinski definition) is 3. The number of amides is 1. The van der Waals surface area contributed by atoms with Crippen molar-refractivity contribution in [1.82, 2.24) is 15.0 Å². The van der Waals surface area contributed by atoms with Gasteiger partial charge in [0, 0.05) is 24.1 Å². The van der Waals surface area contributed by atoms with Crippen molar-refractivity contribution in [2.45, 2.75) is 25.3 Å². The van der Waals surface area contributed by atoms with Crippen molar-refractivity contribution in [2.75, 3.05) is 40.3 Å². The summed E-state index contributed by atoms with van der Waals surface area (Å²) in [6.07, 6.45) is 3.99. The Morgan fingerprint density at radius 2 is 1.71 bits per heavy atom. The molecule has 0 radical (unpaired) electrons. The molecule has 1 aromatic heterocycles. The number of ether oxygens (including phenoxy) is 4. The molecule has 3 rings (SSSR count). The maximum Gasteiger partial charge on any atom is 0.282 e. The van der Waals surface area contributed by atoms with Crippen LogP contribution in [0.4, 0.5) is 5.69 Å². The molecule has 1 heterocycles. The number of benzene rings is 2. The van der Waals surface area contributed by atoms with Gasteiger partial charge in [-0.15, -0.1) is 5.10 Å². The average molecular weight is 486 g/mol. The minimum absolute atomic E-state index is 0.186. The molecule has 0 fully saturated rings. The fourth-order valence-electron chi connectivity index (χ4n) is 3.68. The molecule has 35 heavy (non-hydrogen) atoms. The predicted octanol–water partition coefficient (Wildman–Crippen LogP) is 1.65. The lowest BCUT2D eigenvalue weighted by molar-refractivity contribution is -0.404. The molecular formula is C24H33N6O5+. The van der Waals surface area contributed by atoms with Crippen molar-refractivity contribution in [3.63, 3.8) is 0 Å². The van der Waals surface area contributed by atoms with Gasteiger partial charge in [-0.05, 0) is 37.6 Å². The van der Waals surface area contributed by atoms with Crippen LogP contribution >= 0.6 is 0 Å².